The van der Waals surface area contributed by atoms with E-state index in [2.05, 4.69) is 16.1 Å². The molecule has 2 aromatic rings. The van der Waals surface area contributed by atoms with Crippen LogP contribution in [0.25, 0.3) is 5.65 Å². The maximum atomic E-state index is 5.56. The Morgan fingerprint density at radius 3 is 2.88 bits per heavy atom. The van der Waals surface area contributed by atoms with Gasteiger partial charge in [-0.15, -0.1) is 0 Å². The average molecular weight is 218 g/mol. The van der Waals surface area contributed by atoms with Crippen molar-refractivity contribution in [2.45, 2.75) is 44.6 Å². The summed E-state index contributed by atoms with van der Waals surface area (Å²) in [7, 11) is 0. The summed E-state index contributed by atoms with van der Waals surface area (Å²) in [5, 5.41) is 3.42. The van der Waals surface area contributed by atoms with Crippen molar-refractivity contribution in [3.63, 3.8) is 0 Å². The minimum Gasteiger partial charge on any atom is -0.325 e. The van der Waals surface area contributed by atoms with Gasteiger partial charge in [0.15, 0.2) is 5.65 Å². The second-order valence-electron chi connectivity index (χ2n) is 4.71. The van der Waals surface area contributed by atoms with E-state index in [1.165, 1.54) is 37.8 Å². The molecule has 1 aliphatic carbocycles. The zero-order valence-corrected chi connectivity index (χ0v) is 9.45. The zero-order chi connectivity index (χ0) is 11.0. The van der Waals surface area contributed by atoms with Crippen molar-refractivity contribution in [2.75, 3.05) is 0 Å². The first kappa shape index (κ1) is 9.90. The van der Waals surface area contributed by atoms with E-state index >= 15 is 0 Å². The molecule has 0 spiro atoms. The quantitative estimate of drug-likeness (QED) is 0.811. The molecular formula is C12H18N4. The fourth-order valence-corrected chi connectivity index (χ4v) is 2.67. The molecule has 0 aliphatic heterocycles. The monoisotopic (exact) mass is 218 g/mol. The number of nitrogens with one attached hydrogen (secondary N) is 1. The molecule has 3 N–H and O–H groups in total. The topological polar surface area (TPSA) is 59.1 Å². The highest BCUT2D eigenvalue weighted by atomic mass is 15.3. The standard InChI is InChI=1S/C12H18N4/c13-7-10-8-16-12(14-10)6-11(15-16)9-4-2-1-3-5-9/h6,8-9,15H,1-5,7,13H2. The minimum absolute atomic E-state index is 0.508. The van der Waals surface area contributed by atoms with E-state index in [-0.39, 0.29) is 0 Å². The molecular weight excluding hydrogens is 200 g/mol. The fraction of sp³-hybridized carbons (Fsp3) is 0.583. The van der Waals surface area contributed by atoms with Crippen molar-refractivity contribution in [3.8, 4) is 0 Å². The number of aromatic nitrogens is 3. The second-order valence-corrected chi connectivity index (χ2v) is 4.71. The summed E-state index contributed by atoms with van der Waals surface area (Å²) in [6.45, 7) is 0.508. The lowest BCUT2D eigenvalue weighted by Crippen LogP contribution is -2.05. The van der Waals surface area contributed by atoms with Crippen LogP contribution in [0.5, 0.6) is 0 Å². The van der Waals surface area contributed by atoms with Gasteiger partial charge in [0.05, 0.1) is 11.9 Å². The van der Waals surface area contributed by atoms with Gasteiger partial charge in [-0.25, -0.2) is 9.50 Å². The fourth-order valence-electron chi connectivity index (χ4n) is 2.67. The first-order valence-electron chi connectivity index (χ1n) is 6.14. The Kier molecular flexibility index (Phi) is 2.44. The van der Waals surface area contributed by atoms with Crippen LogP contribution in [0.15, 0.2) is 12.3 Å². The first-order chi connectivity index (χ1) is 7.86. The van der Waals surface area contributed by atoms with Crippen LogP contribution in [-0.2, 0) is 6.54 Å². The summed E-state index contributed by atoms with van der Waals surface area (Å²) in [5.74, 6) is 0.705. The van der Waals surface area contributed by atoms with Gasteiger partial charge in [-0.2, -0.15) is 0 Å². The van der Waals surface area contributed by atoms with Crippen molar-refractivity contribution in [1.29, 1.82) is 0 Å². The van der Waals surface area contributed by atoms with Crippen molar-refractivity contribution in [3.05, 3.63) is 23.7 Å². The highest BCUT2D eigenvalue weighted by molar-refractivity contribution is 5.41. The maximum Gasteiger partial charge on any atom is 0.153 e. The summed E-state index contributed by atoms with van der Waals surface area (Å²) in [5.41, 5.74) is 8.85. The molecule has 4 heteroatoms. The van der Waals surface area contributed by atoms with Crippen LogP contribution in [0.2, 0.25) is 0 Å². The van der Waals surface area contributed by atoms with Gasteiger partial charge in [0, 0.05) is 24.2 Å². The highest BCUT2D eigenvalue weighted by Crippen LogP contribution is 2.32. The number of fused-ring (bicyclic) bond motifs is 1. The molecule has 0 atom stereocenters. The summed E-state index contributed by atoms with van der Waals surface area (Å²) in [6, 6.07) is 2.18. The molecule has 0 amide bonds. The van der Waals surface area contributed by atoms with Gasteiger partial charge in [0.1, 0.15) is 0 Å². The highest BCUT2D eigenvalue weighted by Gasteiger charge is 2.18. The lowest BCUT2D eigenvalue weighted by molar-refractivity contribution is 0.435. The number of rotatable bonds is 2. The molecule has 16 heavy (non-hydrogen) atoms. The number of aromatic amines is 1. The van der Waals surface area contributed by atoms with Crippen molar-refractivity contribution < 1.29 is 0 Å². The molecule has 1 saturated carbocycles. The van der Waals surface area contributed by atoms with E-state index in [9.17, 15) is 0 Å². The SMILES string of the molecule is NCc1cn2[nH]c(C3CCCCC3)cc2n1. The van der Waals surface area contributed by atoms with Gasteiger partial charge in [-0.1, -0.05) is 19.3 Å². The van der Waals surface area contributed by atoms with E-state index < -0.39 is 0 Å². The Bertz CT molecular complexity index is 445. The van der Waals surface area contributed by atoms with Crippen molar-refractivity contribution in [1.82, 2.24) is 14.6 Å². The van der Waals surface area contributed by atoms with E-state index in [1.54, 1.807) is 0 Å². The molecule has 0 aromatic carbocycles. The Morgan fingerprint density at radius 1 is 1.38 bits per heavy atom. The van der Waals surface area contributed by atoms with Crippen molar-refractivity contribution in [2.24, 2.45) is 5.73 Å². The van der Waals surface area contributed by atoms with Crippen LogP contribution in [-0.4, -0.2) is 14.6 Å². The van der Waals surface area contributed by atoms with Crippen LogP contribution in [0, 0.1) is 0 Å². The van der Waals surface area contributed by atoms with Gasteiger partial charge in [0.25, 0.3) is 0 Å². The number of nitrogens with two attached hydrogens (primary N) is 1. The molecule has 1 aliphatic rings. The molecule has 86 valence electrons. The number of nitrogens with zero attached hydrogens (tertiary/aromatic N) is 2. The van der Waals surface area contributed by atoms with Gasteiger partial charge < -0.3 is 5.73 Å². The smallest absolute Gasteiger partial charge is 0.153 e. The van der Waals surface area contributed by atoms with Gasteiger partial charge in [0.2, 0.25) is 0 Å². The summed E-state index contributed by atoms with van der Waals surface area (Å²) < 4.78 is 1.99. The maximum absolute atomic E-state index is 5.56. The molecule has 2 heterocycles. The summed E-state index contributed by atoms with van der Waals surface area (Å²) in [6.07, 6.45) is 8.73. The molecule has 0 unspecified atom stereocenters. The molecule has 0 saturated heterocycles. The lowest BCUT2D eigenvalue weighted by Gasteiger charge is -2.19. The number of hydrogen-bond donors (Lipinski definition) is 2. The molecule has 0 radical (unpaired) electrons. The predicted molar refractivity (Wildman–Crippen MR) is 63.3 cm³/mol. The Morgan fingerprint density at radius 2 is 2.19 bits per heavy atom. The summed E-state index contributed by atoms with van der Waals surface area (Å²) in [4.78, 5) is 4.45. The van der Waals surface area contributed by atoms with Crippen molar-refractivity contribution >= 4 is 5.65 Å². The van der Waals surface area contributed by atoms with Gasteiger partial charge in [-0.3, -0.25) is 5.10 Å². The average Bonchev–Trinajstić information content (AvgIpc) is 2.87. The van der Waals surface area contributed by atoms with E-state index in [0.717, 1.165) is 11.3 Å². The van der Waals surface area contributed by atoms with Crippen LogP contribution in [0.3, 0.4) is 0 Å². The third kappa shape index (κ3) is 1.63. The second kappa shape index (κ2) is 3.94. The number of H-pyrrole nitrogens is 1. The van der Waals surface area contributed by atoms with Crippen LogP contribution in [0.1, 0.15) is 49.4 Å². The normalized spacial score (nSPS) is 18.3. The first-order valence-corrected chi connectivity index (χ1v) is 6.14. The largest absolute Gasteiger partial charge is 0.325 e. The minimum atomic E-state index is 0.508. The molecule has 3 rings (SSSR count). The third-order valence-electron chi connectivity index (χ3n) is 3.57. The number of imidazole rings is 1. The lowest BCUT2D eigenvalue weighted by atomic mass is 9.87. The van der Waals surface area contributed by atoms with E-state index in [1.807, 2.05) is 10.7 Å². The third-order valence-corrected chi connectivity index (χ3v) is 3.57. The van der Waals surface area contributed by atoms with Gasteiger partial charge >= 0.3 is 0 Å². The zero-order valence-electron chi connectivity index (χ0n) is 9.45. The molecule has 1 fully saturated rings. The van der Waals surface area contributed by atoms with Crippen LogP contribution in [0.4, 0.5) is 0 Å². The molecule has 4 nitrogen and oxygen atoms in total. The molecule has 0 bridgehead atoms. The van der Waals surface area contributed by atoms with Gasteiger partial charge in [-0.05, 0) is 12.8 Å². The Labute approximate surface area is 94.8 Å². The van der Waals surface area contributed by atoms with Crippen LogP contribution < -0.4 is 5.73 Å². The van der Waals surface area contributed by atoms with E-state index in [4.69, 9.17) is 5.73 Å². The Balaban J connectivity index is 1.89. The number of hydrogen-bond acceptors (Lipinski definition) is 2. The van der Waals surface area contributed by atoms with Crippen LogP contribution >= 0.6 is 0 Å². The Hall–Kier alpha value is -1.29. The molecule has 2 aromatic heterocycles. The van der Waals surface area contributed by atoms with E-state index in [0.29, 0.717) is 12.5 Å². The predicted octanol–water partition coefficient (Wildman–Crippen LogP) is 2.17. The summed E-state index contributed by atoms with van der Waals surface area (Å²) >= 11 is 0.